The van der Waals surface area contributed by atoms with Crippen molar-refractivity contribution in [1.82, 2.24) is 0 Å². The molecular formula is C7H11NO2. The Balaban J connectivity index is 2.25. The Labute approximate surface area is 59.2 Å². The molecule has 0 aromatic carbocycles. The molecular weight excluding hydrogens is 130 g/mol. The minimum absolute atomic E-state index is 0.0741. The van der Waals surface area contributed by atoms with Crippen LogP contribution in [0.3, 0.4) is 0 Å². The highest BCUT2D eigenvalue weighted by Gasteiger charge is 2.67. The monoisotopic (exact) mass is 141 g/mol. The summed E-state index contributed by atoms with van der Waals surface area (Å²) in [6.45, 7) is 0. The average Bonchev–Trinajstić information content (AvgIpc) is 2.52. The minimum atomic E-state index is -0.678. The van der Waals surface area contributed by atoms with Crippen LogP contribution in [0.2, 0.25) is 0 Å². The molecule has 3 nitrogen and oxygen atoms in total. The molecule has 0 saturated heterocycles. The van der Waals surface area contributed by atoms with Crippen LogP contribution in [0.25, 0.3) is 0 Å². The molecule has 3 unspecified atom stereocenters. The SMILES string of the molecule is NC1CCC2CC12C(=O)O. The van der Waals surface area contributed by atoms with Gasteiger partial charge in [-0.25, -0.2) is 0 Å². The van der Waals surface area contributed by atoms with Crippen LogP contribution in [0, 0.1) is 11.3 Å². The minimum Gasteiger partial charge on any atom is -0.481 e. The third kappa shape index (κ3) is 0.475. The highest BCUT2D eigenvalue weighted by Crippen LogP contribution is 2.62. The van der Waals surface area contributed by atoms with Gasteiger partial charge in [-0.15, -0.1) is 0 Å². The van der Waals surface area contributed by atoms with Crippen molar-refractivity contribution in [3.63, 3.8) is 0 Å². The summed E-state index contributed by atoms with van der Waals surface area (Å²) in [5.41, 5.74) is 5.19. The van der Waals surface area contributed by atoms with Crippen LogP contribution in [0.15, 0.2) is 0 Å². The Morgan fingerprint density at radius 3 is 2.50 bits per heavy atom. The highest BCUT2D eigenvalue weighted by atomic mass is 16.4. The summed E-state index contributed by atoms with van der Waals surface area (Å²) in [5, 5.41) is 8.80. The number of carbonyl (C=O) groups is 1. The summed E-state index contributed by atoms with van der Waals surface area (Å²) >= 11 is 0. The van der Waals surface area contributed by atoms with Gasteiger partial charge in [0.2, 0.25) is 0 Å². The second kappa shape index (κ2) is 1.53. The Hall–Kier alpha value is -0.570. The summed E-state index contributed by atoms with van der Waals surface area (Å²) < 4.78 is 0. The number of fused-ring (bicyclic) bond motifs is 1. The molecule has 2 saturated carbocycles. The first-order valence-electron chi connectivity index (χ1n) is 3.67. The highest BCUT2D eigenvalue weighted by molar-refractivity contribution is 5.80. The van der Waals surface area contributed by atoms with E-state index in [0.29, 0.717) is 5.92 Å². The summed E-state index contributed by atoms with van der Waals surface area (Å²) in [7, 11) is 0. The fraction of sp³-hybridized carbons (Fsp3) is 0.857. The summed E-state index contributed by atoms with van der Waals surface area (Å²) in [6, 6.07) is -0.0741. The molecule has 2 aliphatic carbocycles. The lowest BCUT2D eigenvalue weighted by molar-refractivity contribution is -0.144. The fourth-order valence-electron chi connectivity index (χ4n) is 2.22. The normalized spacial score (nSPS) is 50.5. The largest absolute Gasteiger partial charge is 0.481 e. The molecule has 10 heavy (non-hydrogen) atoms. The van der Waals surface area contributed by atoms with E-state index in [0.717, 1.165) is 19.3 Å². The maximum absolute atomic E-state index is 10.7. The predicted octanol–water partition coefficient (Wildman–Crippen LogP) is 0.198. The van der Waals surface area contributed by atoms with Crippen molar-refractivity contribution in [3.8, 4) is 0 Å². The van der Waals surface area contributed by atoms with E-state index in [4.69, 9.17) is 10.8 Å². The second-order valence-corrected chi connectivity index (χ2v) is 3.43. The van der Waals surface area contributed by atoms with Gasteiger partial charge in [-0.1, -0.05) is 0 Å². The van der Waals surface area contributed by atoms with E-state index in [1.165, 1.54) is 0 Å². The van der Waals surface area contributed by atoms with Crippen molar-refractivity contribution in [2.45, 2.75) is 25.3 Å². The van der Waals surface area contributed by atoms with Gasteiger partial charge in [0, 0.05) is 6.04 Å². The summed E-state index contributed by atoms with van der Waals surface area (Å²) in [4.78, 5) is 10.7. The lowest BCUT2D eigenvalue weighted by Gasteiger charge is -2.12. The molecule has 0 aliphatic heterocycles. The van der Waals surface area contributed by atoms with Crippen LogP contribution >= 0.6 is 0 Å². The van der Waals surface area contributed by atoms with Crippen LogP contribution in [-0.2, 0) is 4.79 Å². The second-order valence-electron chi connectivity index (χ2n) is 3.43. The number of hydrogen-bond acceptors (Lipinski definition) is 2. The zero-order valence-corrected chi connectivity index (χ0v) is 5.71. The molecule has 2 rings (SSSR count). The topological polar surface area (TPSA) is 63.3 Å². The van der Waals surface area contributed by atoms with Crippen molar-refractivity contribution < 1.29 is 9.90 Å². The van der Waals surface area contributed by atoms with E-state index in [1.54, 1.807) is 0 Å². The summed E-state index contributed by atoms with van der Waals surface area (Å²) in [6.07, 6.45) is 2.74. The van der Waals surface area contributed by atoms with E-state index in [1.807, 2.05) is 0 Å². The van der Waals surface area contributed by atoms with E-state index >= 15 is 0 Å². The van der Waals surface area contributed by atoms with Crippen LogP contribution in [0.5, 0.6) is 0 Å². The zero-order valence-electron chi connectivity index (χ0n) is 5.71. The first kappa shape index (κ1) is 6.16. The van der Waals surface area contributed by atoms with Crippen molar-refractivity contribution in [2.24, 2.45) is 17.1 Å². The Bertz CT molecular complexity index is 192. The van der Waals surface area contributed by atoms with Gasteiger partial charge in [0.1, 0.15) is 0 Å². The Morgan fingerprint density at radius 1 is 1.60 bits per heavy atom. The van der Waals surface area contributed by atoms with Gasteiger partial charge in [0.15, 0.2) is 0 Å². The van der Waals surface area contributed by atoms with E-state index in [9.17, 15) is 4.79 Å². The number of rotatable bonds is 1. The van der Waals surface area contributed by atoms with Gasteiger partial charge in [0.25, 0.3) is 0 Å². The smallest absolute Gasteiger partial charge is 0.311 e. The maximum Gasteiger partial charge on any atom is 0.311 e. The van der Waals surface area contributed by atoms with Crippen LogP contribution in [0.1, 0.15) is 19.3 Å². The number of hydrogen-bond donors (Lipinski definition) is 2. The molecule has 2 fully saturated rings. The molecule has 3 atom stereocenters. The lowest BCUT2D eigenvalue weighted by Crippen LogP contribution is -2.34. The van der Waals surface area contributed by atoms with Gasteiger partial charge in [-0.05, 0) is 25.2 Å². The molecule has 0 spiro atoms. The first-order valence-corrected chi connectivity index (χ1v) is 3.67. The van der Waals surface area contributed by atoms with E-state index in [2.05, 4.69) is 0 Å². The van der Waals surface area contributed by atoms with Gasteiger partial charge < -0.3 is 10.8 Å². The Kier molecular flexibility index (Phi) is 0.944. The van der Waals surface area contributed by atoms with Gasteiger partial charge in [-0.3, -0.25) is 4.79 Å². The van der Waals surface area contributed by atoms with Crippen molar-refractivity contribution in [2.75, 3.05) is 0 Å². The zero-order chi connectivity index (χ0) is 7.35. The average molecular weight is 141 g/mol. The molecule has 0 radical (unpaired) electrons. The predicted molar refractivity (Wildman–Crippen MR) is 35.4 cm³/mol. The standard InChI is InChI=1S/C7H11NO2/c8-5-2-1-4-3-7(4,5)6(9)10/h4-5H,1-3,8H2,(H,9,10). The maximum atomic E-state index is 10.7. The number of carboxylic acids is 1. The van der Waals surface area contributed by atoms with Crippen LogP contribution in [0.4, 0.5) is 0 Å². The van der Waals surface area contributed by atoms with Crippen molar-refractivity contribution in [3.05, 3.63) is 0 Å². The number of aliphatic carboxylic acids is 1. The molecule has 0 heterocycles. The fourth-order valence-corrected chi connectivity index (χ4v) is 2.22. The first-order chi connectivity index (χ1) is 4.68. The van der Waals surface area contributed by atoms with Gasteiger partial charge >= 0.3 is 5.97 Å². The molecule has 0 bridgehead atoms. The van der Waals surface area contributed by atoms with E-state index < -0.39 is 11.4 Å². The Morgan fingerprint density at radius 2 is 2.30 bits per heavy atom. The molecule has 0 amide bonds. The van der Waals surface area contributed by atoms with Crippen LogP contribution in [-0.4, -0.2) is 17.1 Å². The number of carboxylic acid groups (broad SMARTS) is 1. The quantitative estimate of drug-likeness (QED) is 0.548. The van der Waals surface area contributed by atoms with E-state index in [-0.39, 0.29) is 6.04 Å². The van der Waals surface area contributed by atoms with Crippen LogP contribution < -0.4 is 5.73 Å². The lowest BCUT2D eigenvalue weighted by atomic mass is 9.99. The molecule has 0 aromatic rings. The van der Waals surface area contributed by atoms with Gasteiger partial charge in [-0.2, -0.15) is 0 Å². The molecule has 3 N–H and O–H groups in total. The molecule has 3 heteroatoms. The summed E-state index contributed by atoms with van der Waals surface area (Å²) in [5.74, 6) is -0.275. The van der Waals surface area contributed by atoms with Crippen molar-refractivity contribution in [1.29, 1.82) is 0 Å². The van der Waals surface area contributed by atoms with Gasteiger partial charge in [0.05, 0.1) is 5.41 Å². The number of nitrogens with two attached hydrogens (primary N) is 1. The molecule has 0 aromatic heterocycles. The van der Waals surface area contributed by atoms with Crippen molar-refractivity contribution >= 4 is 5.97 Å². The molecule has 2 aliphatic rings. The third-order valence-electron chi connectivity index (χ3n) is 3.04. The third-order valence-corrected chi connectivity index (χ3v) is 3.04. The molecule has 56 valence electrons.